The van der Waals surface area contributed by atoms with Gasteiger partial charge in [0.1, 0.15) is 0 Å². The quantitative estimate of drug-likeness (QED) is 0.229. The molecule has 0 bridgehead atoms. The molecule has 0 radical (unpaired) electrons. The summed E-state index contributed by atoms with van der Waals surface area (Å²) in [6.07, 6.45) is 0. The first-order chi connectivity index (χ1) is 18.7. The fourth-order valence-electron chi connectivity index (χ4n) is 4.80. The van der Waals surface area contributed by atoms with Gasteiger partial charge < -0.3 is 0 Å². The van der Waals surface area contributed by atoms with E-state index in [1.807, 2.05) is 78.9 Å². The Kier molecular flexibility index (Phi) is 5.69. The Labute approximate surface area is 229 Å². The first-order valence-electron chi connectivity index (χ1n) is 12.3. The molecule has 0 amide bonds. The van der Waals surface area contributed by atoms with Gasteiger partial charge in [0.2, 0.25) is 0 Å². The van der Waals surface area contributed by atoms with Crippen LogP contribution in [0.3, 0.4) is 0 Å². The zero-order chi connectivity index (χ0) is 25.5. The van der Waals surface area contributed by atoms with Gasteiger partial charge in [-0.2, -0.15) is 0 Å². The molecular formula is C33H20ClN3S. The maximum atomic E-state index is 6.73. The highest BCUT2D eigenvalue weighted by Gasteiger charge is 2.19. The van der Waals surface area contributed by atoms with Gasteiger partial charge in [-0.25, -0.2) is 15.0 Å². The van der Waals surface area contributed by atoms with Crippen molar-refractivity contribution in [1.29, 1.82) is 0 Å². The molecule has 0 unspecified atom stereocenters. The van der Waals surface area contributed by atoms with Crippen LogP contribution in [0.15, 0.2) is 121 Å². The number of benzene rings is 5. The molecule has 7 rings (SSSR count). The van der Waals surface area contributed by atoms with E-state index in [-0.39, 0.29) is 0 Å². The molecular weight excluding hydrogens is 506 g/mol. The lowest BCUT2D eigenvalue weighted by molar-refractivity contribution is 1.08. The fraction of sp³-hybridized carbons (Fsp3) is 0. The number of halogens is 1. The summed E-state index contributed by atoms with van der Waals surface area (Å²) in [6, 6.07) is 41.0. The van der Waals surface area contributed by atoms with Gasteiger partial charge >= 0.3 is 0 Å². The number of hydrogen-bond acceptors (Lipinski definition) is 4. The molecule has 0 aliphatic heterocycles. The van der Waals surface area contributed by atoms with E-state index in [2.05, 4.69) is 42.5 Å². The molecule has 0 saturated heterocycles. The van der Waals surface area contributed by atoms with E-state index in [1.165, 1.54) is 21.2 Å². The topological polar surface area (TPSA) is 38.7 Å². The molecule has 0 aliphatic carbocycles. The minimum absolute atomic E-state index is 0.609. The van der Waals surface area contributed by atoms with Crippen molar-refractivity contribution in [3.05, 3.63) is 126 Å². The van der Waals surface area contributed by atoms with Crippen molar-refractivity contribution in [3.8, 4) is 45.3 Å². The highest BCUT2D eigenvalue weighted by atomic mass is 35.5. The summed E-state index contributed by atoms with van der Waals surface area (Å²) >= 11 is 8.49. The molecule has 180 valence electrons. The predicted octanol–water partition coefficient (Wildman–Crippen LogP) is 9.56. The molecule has 3 nitrogen and oxygen atoms in total. The van der Waals surface area contributed by atoms with Gasteiger partial charge in [-0.1, -0.05) is 121 Å². The Balaban J connectivity index is 1.51. The highest BCUT2D eigenvalue weighted by molar-refractivity contribution is 7.26. The van der Waals surface area contributed by atoms with Crippen LogP contribution in [0.25, 0.3) is 65.5 Å². The van der Waals surface area contributed by atoms with E-state index in [4.69, 9.17) is 26.6 Å². The van der Waals surface area contributed by atoms with Crippen LogP contribution in [-0.4, -0.2) is 15.0 Å². The molecule has 2 heterocycles. The minimum atomic E-state index is 0.609. The summed E-state index contributed by atoms with van der Waals surface area (Å²) < 4.78 is 2.33. The summed E-state index contributed by atoms with van der Waals surface area (Å²) in [5, 5.41) is 2.93. The third kappa shape index (κ3) is 4.04. The lowest BCUT2D eigenvalue weighted by atomic mass is 10.0. The average molecular weight is 526 g/mol. The van der Waals surface area contributed by atoms with E-state index in [0.717, 1.165) is 26.8 Å². The fourth-order valence-corrected chi connectivity index (χ4v) is 6.35. The number of thiophene rings is 1. The van der Waals surface area contributed by atoms with Crippen molar-refractivity contribution in [2.45, 2.75) is 0 Å². The van der Waals surface area contributed by atoms with Gasteiger partial charge in [0.25, 0.3) is 0 Å². The lowest BCUT2D eigenvalue weighted by Gasteiger charge is -2.09. The predicted molar refractivity (Wildman–Crippen MR) is 159 cm³/mol. The summed E-state index contributed by atoms with van der Waals surface area (Å²) in [6.45, 7) is 0. The standard InChI is InChI=1S/C33H20ClN3S/c34-24-19-27-26-18-10-17-25(21-11-4-1-5-12-21)29(26)38-30(27)28(20-24)33-36-31(22-13-6-2-7-14-22)35-32(37-33)23-15-8-3-9-16-23/h1-20H. The second kappa shape index (κ2) is 9.49. The number of nitrogens with zero attached hydrogens (tertiary/aromatic N) is 3. The second-order valence-corrected chi connectivity index (χ2v) is 10.5. The molecule has 7 aromatic rings. The van der Waals surface area contributed by atoms with Gasteiger partial charge in [0.05, 0.1) is 0 Å². The molecule has 0 fully saturated rings. The first-order valence-corrected chi connectivity index (χ1v) is 13.5. The smallest absolute Gasteiger partial charge is 0.165 e. The van der Waals surface area contributed by atoms with Crippen LogP contribution >= 0.6 is 22.9 Å². The molecule has 0 atom stereocenters. The molecule has 2 aromatic heterocycles. The SMILES string of the molecule is Clc1cc(-c2nc(-c3ccccc3)nc(-c3ccccc3)n2)c2sc3c(-c4ccccc4)cccc3c2c1. The van der Waals surface area contributed by atoms with Crippen molar-refractivity contribution in [2.75, 3.05) is 0 Å². The van der Waals surface area contributed by atoms with Crippen molar-refractivity contribution >= 4 is 43.1 Å². The molecule has 0 spiro atoms. The average Bonchev–Trinajstić information content (AvgIpc) is 3.36. The van der Waals surface area contributed by atoms with E-state index in [0.29, 0.717) is 22.5 Å². The number of hydrogen-bond donors (Lipinski definition) is 0. The van der Waals surface area contributed by atoms with Gasteiger partial charge in [-0.15, -0.1) is 11.3 Å². The summed E-state index contributed by atoms with van der Waals surface area (Å²) in [5.41, 5.74) is 5.18. The third-order valence-electron chi connectivity index (χ3n) is 6.59. The monoisotopic (exact) mass is 525 g/mol. The van der Waals surface area contributed by atoms with Gasteiger partial charge in [-0.05, 0) is 23.3 Å². The zero-order valence-electron chi connectivity index (χ0n) is 20.2. The number of aromatic nitrogens is 3. The molecule has 0 saturated carbocycles. The van der Waals surface area contributed by atoms with Crippen LogP contribution in [0.5, 0.6) is 0 Å². The largest absolute Gasteiger partial charge is 0.208 e. The van der Waals surface area contributed by atoms with E-state index < -0.39 is 0 Å². The van der Waals surface area contributed by atoms with Gasteiger partial charge in [0, 0.05) is 41.9 Å². The van der Waals surface area contributed by atoms with Crippen molar-refractivity contribution in [2.24, 2.45) is 0 Å². The third-order valence-corrected chi connectivity index (χ3v) is 8.09. The van der Waals surface area contributed by atoms with Crippen molar-refractivity contribution < 1.29 is 0 Å². The first kappa shape index (κ1) is 22.8. The maximum absolute atomic E-state index is 6.73. The van der Waals surface area contributed by atoms with Crippen molar-refractivity contribution in [3.63, 3.8) is 0 Å². The molecule has 5 aromatic carbocycles. The zero-order valence-corrected chi connectivity index (χ0v) is 21.7. The Bertz CT molecular complexity index is 1860. The van der Waals surface area contributed by atoms with Gasteiger partial charge in [0.15, 0.2) is 17.5 Å². The second-order valence-electron chi connectivity index (χ2n) is 9.02. The van der Waals surface area contributed by atoms with Crippen LogP contribution in [0.2, 0.25) is 5.02 Å². The van der Waals surface area contributed by atoms with E-state index >= 15 is 0 Å². The Morgan fingerprint density at radius 1 is 0.447 bits per heavy atom. The van der Waals surface area contributed by atoms with Crippen LogP contribution in [0, 0.1) is 0 Å². The summed E-state index contributed by atoms with van der Waals surface area (Å²) in [7, 11) is 0. The molecule has 5 heteroatoms. The molecule has 0 aliphatic rings. The van der Waals surface area contributed by atoms with E-state index in [1.54, 1.807) is 11.3 Å². The molecule has 0 N–H and O–H groups in total. The lowest BCUT2D eigenvalue weighted by Crippen LogP contribution is -2.00. The normalized spacial score (nSPS) is 11.3. The Hall–Kier alpha value is -4.38. The van der Waals surface area contributed by atoms with Crippen LogP contribution in [0.4, 0.5) is 0 Å². The minimum Gasteiger partial charge on any atom is -0.208 e. The maximum Gasteiger partial charge on any atom is 0.165 e. The summed E-state index contributed by atoms with van der Waals surface area (Å²) in [5.74, 6) is 1.88. The Morgan fingerprint density at radius 3 is 1.58 bits per heavy atom. The molecule has 38 heavy (non-hydrogen) atoms. The number of rotatable bonds is 4. The van der Waals surface area contributed by atoms with E-state index in [9.17, 15) is 0 Å². The van der Waals surface area contributed by atoms with Crippen LogP contribution in [0.1, 0.15) is 0 Å². The number of fused-ring (bicyclic) bond motifs is 3. The Morgan fingerprint density at radius 2 is 0.974 bits per heavy atom. The van der Waals surface area contributed by atoms with Crippen LogP contribution < -0.4 is 0 Å². The summed E-state index contributed by atoms with van der Waals surface area (Å²) in [4.78, 5) is 14.8. The highest BCUT2D eigenvalue weighted by Crippen LogP contribution is 2.44. The van der Waals surface area contributed by atoms with Gasteiger partial charge in [-0.3, -0.25) is 0 Å². The van der Waals surface area contributed by atoms with Crippen LogP contribution in [-0.2, 0) is 0 Å². The van der Waals surface area contributed by atoms with Crippen molar-refractivity contribution in [1.82, 2.24) is 15.0 Å².